The minimum absolute atomic E-state index is 0.258. The van der Waals surface area contributed by atoms with Gasteiger partial charge in [0.25, 0.3) is 0 Å². The van der Waals surface area contributed by atoms with Crippen LogP contribution in [0.5, 0.6) is 11.5 Å². The SMILES string of the molecule is Cc1ccc(C2=N/C(=C(/c3ccccc3)c3c(-c4ccc(C(C)(C)C)cc4)cc(-c4ccc(C(C)(C)C)cc4)n3B(Oc3cc(F)cc(C(F)(F)F)c3)Oc3cc(F)cc(C(F)(F)F)c3)c3ccccc32)cc1. The molecule has 1 aliphatic heterocycles. The van der Waals surface area contributed by atoms with E-state index in [1.165, 1.54) is 4.48 Å². The molecule has 4 nitrogen and oxygen atoms in total. The van der Waals surface area contributed by atoms with Crippen LogP contribution in [-0.2, 0) is 23.2 Å². The molecule has 1 aliphatic rings. The van der Waals surface area contributed by atoms with E-state index in [2.05, 4.69) is 20.8 Å². The quantitative estimate of drug-likeness (QED) is 0.101. The van der Waals surface area contributed by atoms with Crippen LogP contribution in [0.4, 0.5) is 35.1 Å². The number of fused-ring (bicyclic) bond motifs is 1. The van der Waals surface area contributed by atoms with Gasteiger partial charge in [-0.3, -0.25) is 0 Å². The Bertz CT molecular complexity index is 3330. The predicted octanol–water partition coefficient (Wildman–Crippen LogP) is 16.8. The van der Waals surface area contributed by atoms with Crippen molar-refractivity contribution in [1.82, 2.24) is 4.48 Å². The van der Waals surface area contributed by atoms with Crippen LogP contribution >= 0.6 is 0 Å². The third-order valence-electron chi connectivity index (χ3n) is 12.7. The number of alkyl halides is 6. The average Bonchev–Trinajstić information content (AvgIpc) is 3.91. The highest BCUT2D eigenvalue weighted by Crippen LogP contribution is 2.47. The summed E-state index contributed by atoms with van der Waals surface area (Å²) in [5.41, 5.74) is 6.50. The summed E-state index contributed by atoms with van der Waals surface area (Å²) in [6, 6.07) is 45.2. The van der Waals surface area contributed by atoms with E-state index in [9.17, 15) is 26.3 Å². The first kappa shape index (κ1) is 50.3. The summed E-state index contributed by atoms with van der Waals surface area (Å²) in [6.45, 7) is 14.4. The molecule has 0 atom stereocenters. The topological polar surface area (TPSA) is 35.8 Å². The summed E-state index contributed by atoms with van der Waals surface area (Å²) < 4.78 is 132. The smallest absolute Gasteiger partial charge is 0.506 e. The van der Waals surface area contributed by atoms with Gasteiger partial charge in [0.2, 0.25) is 0 Å². The van der Waals surface area contributed by atoms with Gasteiger partial charge in [0.15, 0.2) is 0 Å². The van der Waals surface area contributed by atoms with Gasteiger partial charge in [-0.1, -0.05) is 174 Å². The fourth-order valence-corrected chi connectivity index (χ4v) is 8.92. The Kier molecular flexibility index (Phi) is 13.1. The highest BCUT2D eigenvalue weighted by atomic mass is 19.4. The van der Waals surface area contributed by atoms with Gasteiger partial charge in [-0.25, -0.2) is 13.8 Å². The Morgan fingerprint density at radius 3 is 1.44 bits per heavy atom. The molecule has 8 aromatic rings. The minimum atomic E-state index is -5.04. The van der Waals surface area contributed by atoms with Gasteiger partial charge in [0.05, 0.1) is 28.2 Å². The molecule has 0 fully saturated rings. The first-order valence-electron chi connectivity index (χ1n) is 23.5. The number of rotatable bonds is 10. The van der Waals surface area contributed by atoms with Crippen LogP contribution < -0.4 is 9.31 Å². The van der Waals surface area contributed by atoms with Crippen LogP contribution in [0.1, 0.15) is 97.3 Å². The first-order chi connectivity index (χ1) is 34.4. The van der Waals surface area contributed by atoms with E-state index in [0.717, 1.165) is 27.8 Å². The Morgan fingerprint density at radius 1 is 0.479 bits per heavy atom. The molecule has 0 spiro atoms. The van der Waals surface area contributed by atoms with E-state index in [1.807, 2.05) is 161 Å². The van der Waals surface area contributed by atoms with Gasteiger partial charge < -0.3 is 13.8 Å². The number of hydrogen-bond acceptors (Lipinski definition) is 3. The maximum Gasteiger partial charge on any atom is 0.743 e. The summed E-state index contributed by atoms with van der Waals surface area (Å²) in [6.07, 6.45) is -10.1. The zero-order valence-electron chi connectivity index (χ0n) is 41.0. The van der Waals surface area contributed by atoms with Crippen LogP contribution in [0.2, 0.25) is 0 Å². The van der Waals surface area contributed by atoms with E-state index in [-0.39, 0.29) is 10.8 Å². The maximum atomic E-state index is 15.4. The molecule has 0 unspecified atom stereocenters. The summed E-state index contributed by atoms with van der Waals surface area (Å²) in [5.74, 6) is -4.00. The van der Waals surface area contributed by atoms with E-state index in [1.54, 1.807) is 0 Å². The van der Waals surface area contributed by atoms with Crippen molar-refractivity contribution in [3.63, 3.8) is 0 Å². The van der Waals surface area contributed by atoms with Crippen molar-refractivity contribution in [3.05, 3.63) is 237 Å². The van der Waals surface area contributed by atoms with Crippen LogP contribution in [0.3, 0.4) is 0 Å². The molecular weight excluding hydrogens is 943 g/mol. The monoisotopic (exact) mass is 992 g/mol. The third-order valence-corrected chi connectivity index (χ3v) is 12.7. The fourth-order valence-electron chi connectivity index (χ4n) is 8.92. The van der Waals surface area contributed by atoms with Gasteiger partial charge in [0.1, 0.15) is 23.1 Å². The Balaban J connectivity index is 1.46. The second-order valence-electron chi connectivity index (χ2n) is 20.2. The summed E-state index contributed by atoms with van der Waals surface area (Å²) in [5, 5.41) is 0. The molecule has 370 valence electrons. The van der Waals surface area contributed by atoms with Gasteiger partial charge >= 0.3 is 19.6 Å². The average molecular weight is 993 g/mol. The number of aliphatic imine (C=N–C) groups is 1. The molecule has 0 amide bonds. The van der Waals surface area contributed by atoms with Crippen LogP contribution in [0, 0.1) is 18.6 Å². The second kappa shape index (κ2) is 19.1. The minimum Gasteiger partial charge on any atom is -0.506 e. The van der Waals surface area contributed by atoms with Crippen molar-refractivity contribution in [2.24, 2.45) is 4.99 Å². The van der Waals surface area contributed by atoms with Crippen LogP contribution in [0.25, 0.3) is 33.7 Å². The molecule has 0 saturated heterocycles. The van der Waals surface area contributed by atoms with Crippen molar-refractivity contribution in [2.45, 2.75) is 71.6 Å². The number of halogens is 8. The molecule has 73 heavy (non-hydrogen) atoms. The molecule has 0 radical (unpaired) electrons. The lowest BCUT2D eigenvalue weighted by molar-refractivity contribution is -0.138. The molecular formula is C60H49BF8N2O2. The Labute approximate surface area is 419 Å². The van der Waals surface area contributed by atoms with Crippen molar-refractivity contribution in [3.8, 4) is 33.9 Å². The zero-order chi connectivity index (χ0) is 52.2. The highest BCUT2D eigenvalue weighted by Gasteiger charge is 2.41. The summed E-state index contributed by atoms with van der Waals surface area (Å²) in [4.78, 5) is 5.43. The van der Waals surface area contributed by atoms with E-state index < -0.39 is 53.9 Å². The van der Waals surface area contributed by atoms with Crippen molar-refractivity contribution in [1.29, 1.82) is 0 Å². The van der Waals surface area contributed by atoms with Gasteiger partial charge in [-0.15, -0.1) is 0 Å². The van der Waals surface area contributed by atoms with Crippen molar-refractivity contribution < 1.29 is 44.4 Å². The van der Waals surface area contributed by atoms with Gasteiger partial charge in [0, 0.05) is 45.7 Å². The van der Waals surface area contributed by atoms with Crippen LogP contribution in [-0.4, -0.2) is 17.4 Å². The predicted molar refractivity (Wildman–Crippen MR) is 274 cm³/mol. The van der Waals surface area contributed by atoms with Gasteiger partial charge in [-0.2, -0.15) is 26.3 Å². The lowest BCUT2D eigenvalue weighted by Gasteiger charge is -2.25. The fraction of sp³-hybridized carbons (Fsp3) is 0.183. The number of nitrogens with zero attached hydrogens (tertiary/aromatic N) is 2. The lowest BCUT2D eigenvalue weighted by Crippen LogP contribution is -2.40. The van der Waals surface area contributed by atoms with Gasteiger partial charge in [-0.05, 0) is 75.9 Å². The summed E-state index contributed by atoms with van der Waals surface area (Å²) in [7, 11) is -2.09. The number of aryl methyl sites for hydroxylation is 1. The Hall–Kier alpha value is -7.67. The standard InChI is InChI=1S/C60H49BF8N2O2/c1-36-17-19-40(20-18-36)54-49-15-11-12-16-50(49)55(70-54)53(39-13-9-8-10-14-39)56-51(37-21-25-41(26-22-37)57(2,3)4)35-52(38-23-27-42(28-24-38)58(5,6)7)71(56)61(72-47-31-43(59(64,65)66)29-45(62)33-47)73-48-32-44(60(67,68)69)30-46(63)34-48/h8-35H,1-7H3/b55-53-. The maximum absolute atomic E-state index is 15.4. The molecule has 0 N–H and O–H groups in total. The number of hydrogen-bond donors (Lipinski definition) is 0. The lowest BCUT2D eigenvalue weighted by atomic mass is 9.85. The molecule has 0 bridgehead atoms. The molecule has 2 heterocycles. The second-order valence-corrected chi connectivity index (χ2v) is 20.2. The van der Waals surface area contributed by atoms with Crippen LogP contribution in [0.15, 0.2) is 175 Å². The molecule has 9 rings (SSSR count). The molecule has 0 aliphatic carbocycles. The third kappa shape index (κ3) is 10.6. The highest BCUT2D eigenvalue weighted by molar-refractivity contribution is 6.46. The van der Waals surface area contributed by atoms with Crippen molar-refractivity contribution in [2.75, 3.05) is 0 Å². The largest absolute Gasteiger partial charge is 0.743 e. The van der Waals surface area contributed by atoms with E-state index >= 15 is 8.78 Å². The molecule has 7 aromatic carbocycles. The first-order valence-corrected chi connectivity index (χ1v) is 23.5. The van der Waals surface area contributed by atoms with Crippen molar-refractivity contribution >= 4 is 24.2 Å². The number of aromatic nitrogens is 1. The van der Waals surface area contributed by atoms with E-state index in [4.69, 9.17) is 14.3 Å². The van der Waals surface area contributed by atoms with E-state index in [0.29, 0.717) is 92.6 Å². The zero-order valence-corrected chi connectivity index (χ0v) is 41.0. The molecule has 0 saturated carbocycles. The Morgan fingerprint density at radius 2 is 0.945 bits per heavy atom. The number of benzene rings is 7. The molecule has 13 heteroatoms. The normalized spacial score (nSPS) is 13.7. The molecule has 1 aromatic heterocycles. The summed E-state index contributed by atoms with van der Waals surface area (Å²) >= 11 is 0.